The van der Waals surface area contributed by atoms with Crippen LogP contribution in [0, 0.1) is 11.3 Å². The molecule has 1 aliphatic heterocycles. The van der Waals surface area contributed by atoms with E-state index in [0.717, 1.165) is 17.9 Å². The zero-order valence-corrected chi connectivity index (χ0v) is 6.37. The Morgan fingerprint density at radius 1 is 1.78 bits per heavy atom. The fourth-order valence-corrected chi connectivity index (χ4v) is 1.51. The van der Waals surface area contributed by atoms with Gasteiger partial charge in [-0.15, -0.1) is 0 Å². The maximum Gasteiger partial charge on any atom is 0.0711 e. The molecule has 1 aliphatic rings. The molecule has 0 aromatic rings. The van der Waals surface area contributed by atoms with E-state index in [1.165, 1.54) is 0 Å². The molecule has 1 atom stereocenters. The molecule has 0 saturated heterocycles. The lowest BCUT2D eigenvalue weighted by Crippen LogP contribution is -2.02. The van der Waals surface area contributed by atoms with Crippen molar-refractivity contribution in [1.29, 1.82) is 5.41 Å². The molecule has 0 radical (unpaired) electrons. The topological polar surface area (TPSA) is 23.9 Å². The van der Waals surface area contributed by atoms with Gasteiger partial charge in [0.2, 0.25) is 0 Å². The predicted molar refractivity (Wildman–Crippen MR) is 42.9 cm³/mol. The third-order valence-corrected chi connectivity index (χ3v) is 2.49. The molecule has 0 fully saturated rings. The first kappa shape index (κ1) is 6.87. The van der Waals surface area contributed by atoms with Crippen molar-refractivity contribution in [1.82, 2.24) is 0 Å². The van der Waals surface area contributed by atoms with Gasteiger partial charge < -0.3 is 0 Å². The maximum absolute atomic E-state index is 7.45. The fourth-order valence-electron chi connectivity index (χ4n) is 0.783. The van der Waals surface area contributed by atoms with Crippen molar-refractivity contribution < 1.29 is 0 Å². The van der Waals surface area contributed by atoms with Gasteiger partial charge in [-0.3, -0.25) is 5.41 Å². The zero-order chi connectivity index (χ0) is 6.69. The molecular weight excluding hydrogens is 130 g/mol. The molecule has 0 aromatic carbocycles. The number of rotatable bonds is 0. The van der Waals surface area contributed by atoms with Crippen molar-refractivity contribution in [2.75, 3.05) is 0 Å². The van der Waals surface area contributed by atoms with Crippen LogP contribution in [0.3, 0.4) is 0 Å². The molecule has 1 unspecified atom stereocenters. The molecule has 0 aliphatic carbocycles. The molecule has 0 amide bonds. The molecule has 0 bridgehead atoms. The first-order valence-electron chi connectivity index (χ1n) is 3.21. The Morgan fingerprint density at radius 2 is 2.56 bits per heavy atom. The molecule has 0 spiro atoms. The minimum absolute atomic E-state index is 0.477. The van der Waals surface area contributed by atoms with Crippen LogP contribution < -0.4 is 0 Å². The average molecular weight is 141 g/mol. The van der Waals surface area contributed by atoms with Crippen LogP contribution in [0.1, 0.15) is 19.8 Å². The summed E-state index contributed by atoms with van der Waals surface area (Å²) in [5.41, 5.74) is 0. The molecule has 1 N–H and O–H groups in total. The van der Waals surface area contributed by atoms with Crippen molar-refractivity contribution in [2.45, 2.75) is 19.8 Å². The minimum Gasteiger partial charge on any atom is -0.298 e. The summed E-state index contributed by atoms with van der Waals surface area (Å²) in [6, 6.07) is 0. The van der Waals surface area contributed by atoms with Gasteiger partial charge >= 0.3 is 0 Å². The molecule has 1 nitrogen and oxygen atoms in total. The molecule has 2 heteroatoms. The van der Waals surface area contributed by atoms with Gasteiger partial charge in [-0.1, -0.05) is 24.8 Å². The van der Waals surface area contributed by atoms with Crippen molar-refractivity contribution in [3.05, 3.63) is 11.5 Å². The summed E-state index contributed by atoms with van der Waals surface area (Å²) in [5, 5.41) is 10.3. The molecule has 50 valence electrons. The van der Waals surface area contributed by atoms with Crippen LogP contribution in [0.25, 0.3) is 0 Å². The van der Waals surface area contributed by atoms with Crippen molar-refractivity contribution in [3.8, 4) is 0 Å². The van der Waals surface area contributed by atoms with Crippen molar-refractivity contribution in [2.24, 2.45) is 5.92 Å². The summed E-state index contributed by atoms with van der Waals surface area (Å²) in [6.07, 6.45) is 4.42. The Kier molecular flexibility index (Phi) is 2.34. The molecule has 0 saturated carbocycles. The zero-order valence-electron chi connectivity index (χ0n) is 5.55. The highest BCUT2D eigenvalue weighted by Gasteiger charge is 2.08. The first-order valence-corrected chi connectivity index (χ1v) is 4.09. The molecule has 1 heterocycles. The Morgan fingerprint density at radius 3 is 3.33 bits per heavy atom. The van der Waals surface area contributed by atoms with Gasteiger partial charge in [-0.25, -0.2) is 0 Å². The Balaban J connectivity index is 2.52. The van der Waals surface area contributed by atoms with Crippen LogP contribution in [0.2, 0.25) is 0 Å². The SMILES string of the molecule is CC1CCC=CSC1=N. The van der Waals surface area contributed by atoms with E-state index < -0.39 is 0 Å². The third kappa shape index (κ3) is 1.86. The average Bonchev–Trinajstić information content (AvgIpc) is 1.99. The Labute approximate surface area is 60.0 Å². The van der Waals surface area contributed by atoms with Crippen LogP contribution in [0.4, 0.5) is 0 Å². The van der Waals surface area contributed by atoms with Gasteiger partial charge in [-0.2, -0.15) is 0 Å². The van der Waals surface area contributed by atoms with E-state index in [0.29, 0.717) is 5.92 Å². The normalized spacial score (nSPS) is 28.1. The monoisotopic (exact) mass is 141 g/mol. The number of hydrogen-bond donors (Lipinski definition) is 1. The highest BCUT2D eigenvalue weighted by atomic mass is 32.2. The molecule has 1 rings (SSSR count). The summed E-state index contributed by atoms with van der Waals surface area (Å²) in [5.74, 6) is 0.477. The van der Waals surface area contributed by atoms with Crippen LogP contribution >= 0.6 is 11.8 Å². The third-order valence-electron chi connectivity index (χ3n) is 1.51. The Bertz CT molecular complexity index is 140. The summed E-state index contributed by atoms with van der Waals surface area (Å²) < 4.78 is 0. The van der Waals surface area contributed by atoms with E-state index in [1.54, 1.807) is 11.8 Å². The summed E-state index contributed by atoms with van der Waals surface area (Å²) in [7, 11) is 0. The lowest BCUT2D eigenvalue weighted by Gasteiger charge is -2.05. The van der Waals surface area contributed by atoms with Crippen molar-refractivity contribution >= 4 is 16.8 Å². The van der Waals surface area contributed by atoms with E-state index in [9.17, 15) is 0 Å². The largest absolute Gasteiger partial charge is 0.298 e. The summed E-state index contributed by atoms with van der Waals surface area (Å²) in [6.45, 7) is 2.11. The molecule has 0 aromatic heterocycles. The second kappa shape index (κ2) is 3.06. The predicted octanol–water partition coefficient (Wildman–Crippen LogP) is 2.64. The summed E-state index contributed by atoms with van der Waals surface area (Å²) in [4.78, 5) is 0. The van der Waals surface area contributed by atoms with E-state index in [1.807, 2.05) is 5.41 Å². The number of allylic oxidation sites excluding steroid dienone is 1. The standard InChI is InChI=1S/C7H11NS/c1-6-4-2-3-5-9-7(6)8/h3,5-6,8H,2,4H2,1H3. The van der Waals surface area contributed by atoms with Gasteiger partial charge in [0.15, 0.2) is 0 Å². The van der Waals surface area contributed by atoms with Crippen LogP contribution in [0.5, 0.6) is 0 Å². The smallest absolute Gasteiger partial charge is 0.0711 e. The first-order chi connectivity index (χ1) is 4.30. The van der Waals surface area contributed by atoms with Gasteiger partial charge in [0.25, 0.3) is 0 Å². The van der Waals surface area contributed by atoms with E-state index in [-0.39, 0.29) is 0 Å². The maximum atomic E-state index is 7.45. The van der Waals surface area contributed by atoms with Crippen molar-refractivity contribution in [3.63, 3.8) is 0 Å². The van der Waals surface area contributed by atoms with Crippen LogP contribution in [-0.4, -0.2) is 5.04 Å². The lowest BCUT2D eigenvalue weighted by atomic mass is 10.1. The lowest BCUT2D eigenvalue weighted by molar-refractivity contribution is 0.702. The van der Waals surface area contributed by atoms with Gasteiger partial charge in [0, 0.05) is 5.92 Å². The highest BCUT2D eigenvalue weighted by molar-refractivity contribution is 8.16. The molecule has 9 heavy (non-hydrogen) atoms. The number of hydrogen-bond acceptors (Lipinski definition) is 2. The second-order valence-corrected chi connectivity index (χ2v) is 3.28. The quantitative estimate of drug-likeness (QED) is 0.551. The van der Waals surface area contributed by atoms with E-state index in [4.69, 9.17) is 5.41 Å². The Hall–Kier alpha value is -0.240. The second-order valence-electron chi connectivity index (χ2n) is 2.33. The van der Waals surface area contributed by atoms with Crippen LogP contribution in [-0.2, 0) is 0 Å². The van der Waals surface area contributed by atoms with Gasteiger partial charge in [0.05, 0.1) is 5.04 Å². The minimum atomic E-state index is 0.477. The van der Waals surface area contributed by atoms with E-state index >= 15 is 0 Å². The van der Waals surface area contributed by atoms with E-state index in [2.05, 4.69) is 13.0 Å². The van der Waals surface area contributed by atoms with Gasteiger partial charge in [0.1, 0.15) is 0 Å². The number of thioether (sulfide) groups is 1. The van der Waals surface area contributed by atoms with Crippen LogP contribution in [0.15, 0.2) is 11.5 Å². The summed E-state index contributed by atoms with van der Waals surface area (Å²) >= 11 is 1.55. The van der Waals surface area contributed by atoms with Gasteiger partial charge in [-0.05, 0) is 18.2 Å². The molecular formula is C7H11NS. The highest BCUT2D eigenvalue weighted by Crippen LogP contribution is 2.21. The fraction of sp³-hybridized carbons (Fsp3) is 0.571. The number of nitrogens with one attached hydrogen (secondary N) is 1.